The molecule has 70 valence electrons. The first-order valence-corrected chi connectivity index (χ1v) is 9.53. The summed E-state index contributed by atoms with van der Waals surface area (Å²) in [5.41, 5.74) is 7.00. The van der Waals surface area contributed by atoms with Gasteiger partial charge in [0.2, 0.25) is 0 Å². The van der Waals surface area contributed by atoms with Gasteiger partial charge in [0.05, 0.1) is 17.6 Å². The Morgan fingerprint density at radius 1 is 1.00 bits per heavy atom. The molecule has 0 saturated heterocycles. The Balaban J connectivity index is 3.26. The average Bonchev–Trinajstić information content (AvgIpc) is 2.02. The lowest BCUT2D eigenvalue weighted by Gasteiger charge is -2.16. The number of hydrogen-bond donors (Lipinski definition) is 1. The van der Waals surface area contributed by atoms with Crippen molar-refractivity contribution in [1.82, 2.24) is 0 Å². The summed E-state index contributed by atoms with van der Waals surface area (Å²) >= 11 is 0. The molecule has 0 spiro atoms. The highest BCUT2D eigenvalue weighted by molar-refractivity contribution is 6.83. The van der Waals surface area contributed by atoms with Crippen LogP contribution in [0.2, 0.25) is 26.2 Å². The lowest BCUT2D eigenvalue weighted by molar-refractivity contribution is 1.73. The fourth-order valence-corrected chi connectivity index (χ4v) is 5.40. The van der Waals surface area contributed by atoms with Gasteiger partial charge in [0.25, 0.3) is 0 Å². The van der Waals surface area contributed by atoms with Gasteiger partial charge in [-0.3, -0.25) is 0 Å². The third kappa shape index (κ3) is 2.22. The van der Waals surface area contributed by atoms with Gasteiger partial charge in [0, 0.05) is 5.69 Å². The Labute approximate surface area is 84.2 Å². The summed E-state index contributed by atoms with van der Waals surface area (Å²) in [4.78, 5) is 0. The van der Waals surface area contributed by atoms with Crippen LogP contribution in [0.1, 0.15) is 0 Å². The van der Waals surface area contributed by atoms with E-state index in [0.29, 0.717) is 0 Å². The molecular weight excluding hydrogens is 190 g/mol. The van der Waals surface area contributed by atoms with Crippen molar-refractivity contribution in [2.24, 2.45) is 0 Å². The predicted octanol–water partition coefficient (Wildman–Crippen LogP) is 1.19. The highest BCUT2D eigenvalue weighted by atomic mass is 28.3. The zero-order chi connectivity index (χ0) is 10.0. The maximum Gasteiger partial charge on any atom is 0.0817 e. The lowest BCUT2D eigenvalue weighted by Crippen LogP contribution is -2.45. The Kier molecular flexibility index (Phi) is 3.33. The normalized spacial score (nSPS) is 11.2. The Hall–Kier alpha value is -0.546. The molecule has 2 N–H and O–H groups in total. The molecule has 0 saturated carbocycles. The van der Waals surface area contributed by atoms with Gasteiger partial charge in [0.1, 0.15) is 0 Å². The van der Waals surface area contributed by atoms with Gasteiger partial charge in [-0.25, -0.2) is 0 Å². The van der Waals surface area contributed by atoms with E-state index in [4.69, 9.17) is 5.73 Å². The van der Waals surface area contributed by atoms with Gasteiger partial charge in [-0.15, -0.1) is 0 Å². The zero-order valence-electron chi connectivity index (χ0n) is 8.81. The molecule has 0 aliphatic heterocycles. The summed E-state index contributed by atoms with van der Waals surface area (Å²) in [6, 6.07) is 6.36. The molecule has 0 atom stereocenters. The van der Waals surface area contributed by atoms with Crippen LogP contribution in [0.25, 0.3) is 0 Å². The van der Waals surface area contributed by atoms with Gasteiger partial charge in [-0.1, -0.05) is 43.5 Å². The van der Waals surface area contributed by atoms with Crippen LogP contribution in [0.5, 0.6) is 0 Å². The Bertz CT molecular complexity index is 295. The molecule has 0 aromatic heterocycles. The van der Waals surface area contributed by atoms with Crippen LogP contribution >= 0.6 is 0 Å². The summed E-state index contributed by atoms with van der Waals surface area (Å²) in [6.07, 6.45) is 0. The predicted molar refractivity (Wildman–Crippen MR) is 65.1 cm³/mol. The molecule has 3 heteroatoms. The molecule has 2 radical (unpaired) electrons. The summed E-state index contributed by atoms with van der Waals surface area (Å²) in [5.74, 6) is 0. The first-order chi connectivity index (χ1) is 6.04. The topological polar surface area (TPSA) is 26.0 Å². The summed E-state index contributed by atoms with van der Waals surface area (Å²) in [5, 5.41) is 3.00. The summed E-state index contributed by atoms with van der Waals surface area (Å²) in [6.45, 7) is 9.27. The first-order valence-electron chi connectivity index (χ1n) is 4.53. The van der Waals surface area contributed by atoms with Gasteiger partial charge in [0.15, 0.2) is 0 Å². The lowest BCUT2D eigenvalue weighted by atomic mass is 10.3. The average molecular weight is 207 g/mol. The van der Waals surface area contributed by atoms with E-state index < -0.39 is 8.80 Å². The number of benzene rings is 1. The second kappa shape index (κ2) is 4.11. The van der Waals surface area contributed by atoms with Gasteiger partial charge < -0.3 is 5.73 Å². The Morgan fingerprint density at radius 3 is 2.00 bits per heavy atom. The standard InChI is InChI=1S/C10H17NSi2/c1-12(2)9-7-5-6-8(11)10(9)13(3)4/h5-7H,11H2,1-4H3. The fourth-order valence-electron chi connectivity index (χ4n) is 1.54. The summed E-state index contributed by atoms with van der Waals surface area (Å²) < 4.78 is 0. The molecule has 1 nitrogen and oxygen atoms in total. The first kappa shape index (κ1) is 10.5. The Morgan fingerprint density at radius 2 is 1.62 bits per heavy atom. The van der Waals surface area contributed by atoms with Gasteiger partial charge in [-0.05, 0) is 11.3 Å². The number of nitrogens with two attached hydrogens (primary N) is 1. The van der Waals surface area contributed by atoms with E-state index in [-0.39, 0.29) is 8.80 Å². The maximum atomic E-state index is 6.00. The van der Waals surface area contributed by atoms with Crippen molar-refractivity contribution >= 4 is 33.7 Å². The highest BCUT2D eigenvalue weighted by Gasteiger charge is 2.13. The molecule has 1 rings (SSSR count). The highest BCUT2D eigenvalue weighted by Crippen LogP contribution is 1.99. The van der Waals surface area contributed by atoms with Crippen LogP contribution in [0.15, 0.2) is 18.2 Å². The third-order valence-electron chi connectivity index (χ3n) is 2.14. The minimum atomic E-state index is -0.416. The molecule has 0 fully saturated rings. The number of hydrogen-bond acceptors (Lipinski definition) is 1. The molecule has 0 bridgehead atoms. The number of anilines is 1. The van der Waals surface area contributed by atoms with Crippen LogP contribution in [-0.2, 0) is 0 Å². The summed E-state index contributed by atoms with van der Waals surface area (Å²) in [7, 11) is -0.779. The van der Waals surface area contributed by atoms with Crippen molar-refractivity contribution in [3.63, 3.8) is 0 Å². The smallest absolute Gasteiger partial charge is 0.0817 e. The van der Waals surface area contributed by atoms with Crippen molar-refractivity contribution in [1.29, 1.82) is 0 Å². The van der Waals surface area contributed by atoms with E-state index in [9.17, 15) is 0 Å². The van der Waals surface area contributed by atoms with Crippen molar-refractivity contribution in [3.8, 4) is 0 Å². The number of nitrogen functional groups attached to an aromatic ring is 1. The molecule has 0 aliphatic carbocycles. The third-order valence-corrected chi connectivity index (χ3v) is 5.44. The molecule has 0 aliphatic rings. The van der Waals surface area contributed by atoms with Gasteiger partial charge >= 0.3 is 0 Å². The minimum absolute atomic E-state index is 0.363. The van der Waals surface area contributed by atoms with E-state index in [1.165, 1.54) is 10.4 Å². The number of rotatable bonds is 2. The molecule has 1 aromatic carbocycles. The molecular formula is C10H17NSi2. The van der Waals surface area contributed by atoms with E-state index in [1.807, 2.05) is 6.07 Å². The molecule has 1 aromatic rings. The minimum Gasteiger partial charge on any atom is -0.399 e. The van der Waals surface area contributed by atoms with Crippen LogP contribution in [0.4, 0.5) is 5.69 Å². The second-order valence-electron chi connectivity index (χ2n) is 3.77. The molecule has 13 heavy (non-hydrogen) atoms. The molecule has 0 heterocycles. The van der Waals surface area contributed by atoms with Crippen molar-refractivity contribution < 1.29 is 0 Å². The van der Waals surface area contributed by atoms with Crippen LogP contribution in [0, 0.1) is 0 Å². The maximum absolute atomic E-state index is 6.00. The van der Waals surface area contributed by atoms with Crippen LogP contribution < -0.4 is 16.1 Å². The van der Waals surface area contributed by atoms with Crippen molar-refractivity contribution in [2.45, 2.75) is 26.2 Å². The quantitative estimate of drug-likeness (QED) is 0.572. The van der Waals surface area contributed by atoms with Gasteiger partial charge in [-0.2, -0.15) is 0 Å². The SMILES string of the molecule is C[Si](C)c1cccc(N)c1[Si](C)C. The van der Waals surface area contributed by atoms with E-state index in [0.717, 1.165) is 5.69 Å². The molecule has 0 amide bonds. The van der Waals surface area contributed by atoms with E-state index in [2.05, 4.69) is 38.3 Å². The van der Waals surface area contributed by atoms with Crippen molar-refractivity contribution in [2.75, 3.05) is 5.73 Å². The molecule has 0 unspecified atom stereocenters. The van der Waals surface area contributed by atoms with Crippen LogP contribution in [-0.4, -0.2) is 17.6 Å². The van der Waals surface area contributed by atoms with Crippen molar-refractivity contribution in [3.05, 3.63) is 18.2 Å². The zero-order valence-corrected chi connectivity index (χ0v) is 10.8. The monoisotopic (exact) mass is 207 g/mol. The van der Waals surface area contributed by atoms with Crippen LogP contribution in [0.3, 0.4) is 0 Å². The fraction of sp³-hybridized carbons (Fsp3) is 0.400. The largest absolute Gasteiger partial charge is 0.399 e. The van der Waals surface area contributed by atoms with E-state index in [1.54, 1.807) is 0 Å². The van der Waals surface area contributed by atoms with E-state index >= 15 is 0 Å². The second-order valence-corrected chi connectivity index (χ2v) is 8.81.